The summed E-state index contributed by atoms with van der Waals surface area (Å²) in [6.07, 6.45) is 4.76. The third-order valence-electron chi connectivity index (χ3n) is 2.69. The number of carboxylic acids is 1. The van der Waals surface area contributed by atoms with Crippen molar-refractivity contribution in [3.05, 3.63) is 18.2 Å². The lowest BCUT2D eigenvalue weighted by molar-refractivity contribution is -0.138. The van der Waals surface area contributed by atoms with Crippen molar-refractivity contribution in [1.29, 1.82) is 0 Å². The molecule has 120 valence electrons. The van der Waals surface area contributed by atoms with Crippen LogP contribution in [0.3, 0.4) is 0 Å². The minimum absolute atomic E-state index is 0.0680. The molecular weight excluding hydrogens is 324 g/mol. The summed E-state index contributed by atoms with van der Waals surface area (Å²) in [4.78, 5) is 30.8. The predicted molar refractivity (Wildman–Crippen MR) is 87.7 cm³/mol. The number of carbonyl (C=O) groups is 2. The number of hydrogen-bond acceptors (Lipinski definition) is 7. The second-order valence-corrected chi connectivity index (χ2v) is 6.15. The van der Waals surface area contributed by atoms with Gasteiger partial charge in [-0.1, -0.05) is 12.2 Å². The number of carboxylic acid groups (broad SMARTS) is 1. The van der Waals surface area contributed by atoms with Crippen LogP contribution >= 0.6 is 24.0 Å². The van der Waals surface area contributed by atoms with E-state index in [1.54, 1.807) is 6.20 Å². The molecule has 0 aliphatic rings. The summed E-state index contributed by atoms with van der Waals surface area (Å²) in [5, 5.41) is 11.6. The number of thioether (sulfide) groups is 1. The fourth-order valence-corrected chi connectivity index (χ4v) is 2.62. The number of thiocarbonyl (C=S) groups is 1. The lowest BCUT2D eigenvalue weighted by Gasteiger charge is -2.10. The second kappa shape index (κ2) is 9.44. The highest BCUT2D eigenvalue weighted by Crippen LogP contribution is 2.20. The van der Waals surface area contributed by atoms with Gasteiger partial charge in [-0.15, -0.1) is 0 Å². The van der Waals surface area contributed by atoms with Crippen LogP contribution in [-0.4, -0.2) is 43.7 Å². The summed E-state index contributed by atoms with van der Waals surface area (Å²) in [7, 11) is 0. The van der Waals surface area contributed by atoms with Gasteiger partial charge in [-0.2, -0.15) is 0 Å². The van der Waals surface area contributed by atoms with Crippen LogP contribution in [0.4, 0.5) is 0 Å². The minimum Gasteiger partial charge on any atom is -0.480 e. The van der Waals surface area contributed by atoms with E-state index in [2.05, 4.69) is 15.3 Å². The molecule has 0 unspecified atom stereocenters. The third kappa shape index (κ3) is 6.46. The first-order valence-electron chi connectivity index (χ1n) is 6.66. The molecule has 0 aliphatic carbocycles. The molecule has 1 rings (SSSR count). The van der Waals surface area contributed by atoms with E-state index in [9.17, 15) is 9.59 Å². The van der Waals surface area contributed by atoms with Gasteiger partial charge in [-0.25, -0.2) is 9.97 Å². The lowest BCUT2D eigenvalue weighted by atomic mass is 10.1. The molecule has 0 fully saturated rings. The van der Waals surface area contributed by atoms with Gasteiger partial charge in [-0.05, 0) is 31.0 Å². The highest BCUT2D eigenvalue weighted by Gasteiger charge is 2.12. The van der Waals surface area contributed by atoms with Crippen molar-refractivity contribution in [3.63, 3.8) is 0 Å². The zero-order chi connectivity index (χ0) is 16.5. The van der Waals surface area contributed by atoms with Gasteiger partial charge in [0.1, 0.15) is 23.1 Å². The molecule has 0 bridgehead atoms. The maximum atomic E-state index is 11.2. The monoisotopic (exact) mass is 342 g/mol. The molecule has 0 saturated carbocycles. The lowest BCUT2D eigenvalue weighted by Crippen LogP contribution is -2.30. The number of rotatable bonds is 8. The summed E-state index contributed by atoms with van der Waals surface area (Å²) in [5.74, 6) is -0.990. The van der Waals surface area contributed by atoms with E-state index in [0.717, 1.165) is 18.2 Å². The van der Waals surface area contributed by atoms with Crippen molar-refractivity contribution in [2.24, 2.45) is 5.73 Å². The fraction of sp³-hybridized carbons (Fsp3) is 0.462. The summed E-state index contributed by atoms with van der Waals surface area (Å²) >= 11 is 6.29. The smallest absolute Gasteiger partial charge is 0.320 e. The Morgan fingerprint density at radius 2 is 2.23 bits per heavy atom. The first kappa shape index (κ1) is 18.5. The van der Waals surface area contributed by atoms with Crippen molar-refractivity contribution in [2.75, 3.05) is 6.54 Å². The van der Waals surface area contributed by atoms with E-state index in [4.69, 9.17) is 23.1 Å². The molecule has 0 radical (unpaired) electrons. The maximum Gasteiger partial charge on any atom is 0.320 e. The summed E-state index contributed by atoms with van der Waals surface area (Å²) in [5.41, 5.74) is 5.94. The van der Waals surface area contributed by atoms with Crippen molar-refractivity contribution >= 4 is 40.1 Å². The van der Waals surface area contributed by atoms with Crippen LogP contribution in [0.1, 0.15) is 31.9 Å². The molecule has 9 heteroatoms. The van der Waals surface area contributed by atoms with E-state index in [-0.39, 0.29) is 5.12 Å². The van der Waals surface area contributed by atoms with Gasteiger partial charge in [0, 0.05) is 19.7 Å². The van der Waals surface area contributed by atoms with Crippen LogP contribution in [0.5, 0.6) is 0 Å². The molecule has 0 aliphatic heterocycles. The van der Waals surface area contributed by atoms with Crippen LogP contribution in [0.15, 0.2) is 17.4 Å². The van der Waals surface area contributed by atoms with Crippen LogP contribution in [0, 0.1) is 0 Å². The van der Waals surface area contributed by atoms with Gasteiger partial charge < -0.3 is 16.2 Å². The Labute approximate surface area is 138 Å². The van der Waals surface area contributed by atoms with Gasteiger partial charge >= 0.3 is 5.97 Å². The highest BCUT2D eigenvalue weighted by atomic mass is 32.2. The molecule has 7 nitrogen and oxygen atoms in total. The van der Waals surface area contributed by atoms with E-state index in [0.29, 0.717) is 35.0 Å². The SMILES string of the molecule is CC(=O)Sc1cncnc1C(=S)NCCCC[C@H](N)C(=O)O. The third-order valence-corrected chi connectivity index (χ3v) is 3.84. The normalized spacial score (nSPS) is 11.7. The number of nitrogens with zero attached hydrogens (tertiary/aromatic N) is 2. The Kier molecular flexibility index (Phi) is 7.92. The average Bonchev–Trinajstić information content (AvgIpc) is 2.46. The van der Waals surface area contributed by atoms with Crippen molar-refractivity contribution in [2.45, 2.75) is 37.1 Å². The van der Waals surface area contributed by atoms with Crippen LogP contribution < -0.4 is 11.1 Å². The van der Waals surface area contributed by atoms with E-state index >= 15 is 0 Å². The number of aliphatic carboxylic acids is 1. The molecule has 0 saturated heterocycles. The van der Waals surface area contributed by atoms with E-state index in [1.165, 1.54) is 13.3 Å². The van der Waals surface area contributed by atoms with Crippen LogP contribution in [-0.2, 0) is 9.59 Å². The molecule has 1 aromatic heterocycles. The zero-order valence-electron chi connectivity index (χ0n) is 12.1. The number of unbranched alkanes of at least 4 members (excludes halogenated alkanes) is 1. The minimum atomic E-state index is -0.990. The first-order chi connectivity index (χ1) is 10.4. The maximum absolute atomic E-state index is 11.2. The standard InChI is InChI=1S/C13H18N4O3S2/c1-8(18)22-10-6-15-7-17-11(10)12(21)16-5-3-2-4-9(14)13(19)20/h6-7,9H,2-5,14H2,1H3,(H,16,21)(H,19,20)/t9-/m0/s1. The second-order valence-electron chi connectivity index (χ2n) is 4.53. The van der Waals surface area contributed by atoms with E-state index in [1.807, 2.05) is 0 Å². The van der Waals surface area contributed by atoms with Crippen LogP contribution in [0.25, 0.3) is 0 Å². The molecule has 0 spiro atoms. The van der Waals surface area contributed by atoms with Crippen LogP contribution in [0.2, 0.25) is 0 Å². The van der Waals surface area contributed by atoms with E-state index < -0.39 is 12.0 Å². The Balaban J connectivity index is 2.43. The first-order valence-corrected chi connectivity index (χ1v) is 7.89. The number of nitrogens with two attached hydrogens (primary N) is 1. The van der Waals surface area contributed by atoms with Gasteiger partial charge in [0.15, 0.2) is 5.12 Å². The zero-order valence-corrected chi connectivity index (χ0v) is 13.7. The molecule has 0 amide bonds. The summed E-state index contributed by atoms with van der Waals surface area (Å²) < 4.78 is 0. The highest BCUT2D eigenvalue weighted by molar-refractivity contribution is 8.13. The predicted octanol–water partition coefficient (Wildman–Crippen LogP) is 0.962. The summed E-state index contributed by atoms with van der Waals surface area (Å²) in [6, 6.07) is -0.826. The van der Waals surface area contributed by atoms with Crippen molar-refractivity contribution < 1.29 is 14.7 Å². The molecule has 4 N–H and O–H groups in total. The van der Waals surface area contributed by atoms with Crippen molar-refractivity contribution in [3.8, 4) is 0 Å². The fourth-order valence-electron chi connectivity index (χ4n) is 1.62. The van der Waals surface area contributed by atoms with Gasteiger partial charge in [0.2, 0.25) is 0 Å². The number of carbonyl (C=O) groups excluding carboxylic acids is 1. The summed E-state index contributed by atoms with van der Waals surface area (Å²) in [6.45, 7) is 2.04. The average molecular weight is 342 g/mol. The molecule has 1 atom stereocenters. The molecular formula is C13H18N4O3S2. The van der Waals surface area contributed by atoms with Gasteiger partial charge in [-0.3, -0.25) is 9.59 Å². The number of hydrogen-bond donors (Lipinski definition) is 3. The van der Waals surface area contributed by atoms with Crippen molar-refractivity contribution in [1.82, 2.24) is 15.3 Å². The number of aromatic nitrogens is 2. The largest absolute Gasteiger partial charge is 0.480 e. The Hall–Kier alpha value is -1.58. The molecule has 22 heavy (non-hydrogen) atoms. The van der Waals surface area contributed by atoms with Gasteiger partial charge in [0.05, 0.1) is 4.90 Å². The Morgan fingerprint density at radius 3 is 2.86 bits per heavy atom. The molecule has 1 aromatic rings. The Bertz CT molecular complexity index is 554. The van der Waals surface area contributed by atoms with Gasteiger partial charge in [0.25, 0.3) is 0 Å². The Morgan fingerprint density at radius 1 is 1.50 bits per heavy atom. The number of nitrogens with one attached hydrogen (secondary N) is 1. The molecule has 0 aromatic carbocycles. The molecule has 1 heterocycles. The topological polar surface area (TPSA) is 118 Å². The quantitative estimate of drug-likeness (QED) is 0.360.